The van der Waals surface area contributed by atoms with Gasteiger partial charge < -0.3 is 4.90 Å². The maximum Gasteiger partial charge on any atom is 0.241 e. The van der Waals surface area contributed by atoms with Crippen molar-refractivity contribution in [3.63, 3.8) is 0 Å². The largest absolute Gasteiger partial charge is 0.309 e. The summed E-state index contributed by atoms with van der Waals surface area (Å²) in [6.07, 6.45) is 4.45. The monoisotopic (exact) mass is 511 g/mol. The van der Waals surface area contributed by atoms with E-state index in [0.29, 0.717) is 24.2 Å². The minimum atomic E-state index is -3.78. The first kappa shape index (κ1) is 24.8. The summed E-state index contributed by atoms with van der Waals surface area (Å²) < 4.78 is 29.6. The zero-order chi connectivity index (χ0) is 25.8. The second-order valence-electron chi connectivity index (χ2n) is 9.16. The fourth-order valence-electron chi connectivity index (χ4n) is 4.21. The molecule has 4 aromatic carbocycles. The molecule has 0 saturated carbocycles. The molecule has 0 unspecified atom stereocenters. The van der Waals surface area contributed by atoms with E-state index in [4.69, 9.17) is 5.10 Å². The lowest BCUT2D eigenvalue weighted by molar-refractivity contribution is 0.400. The molecule has 1 N–H and O–H groups in total. The third-order valence-corrected chi connectivity index (χ3v) is 7.64. The zero-order valence-electron chi connectivity index (χ0n) is 20.9. The van der Waals surface area contributed by atoms with E-state index in [1.165, 1.54) is 4.80 Å². The molecule has 1 aromatic heterocycles. The summed E-state index contributed by atoms with van der Waals surface area (Å²) >= 11 is 0. The predicted octanol–water partition coefficient (Wildman–Crippen LogP) is 4.97. The molecular weight excluding hydrogens is 482 g/mol. The number of nitrogens with one attached hydrogen (secondary N) is 1. The van der Waals surface area contributed by atoms with Gasteiger partial charge >= 0.3 is 0 Å². The van der Waals surface area contributed by atoms with Crippen LogP contribution >= 0.6 is 0 Å². The first-order chi connectivity index (χ1) is 17.9. The Bertz CT molecular complexity index is 1680. The number of nitrogens with zero attached hydrogens (tertiary/aromatic N) is 4. The molecule has 0 radical (unpaired) electrons. The van der Waals surface area contributed by atoms with E-state index in [0.717, 1.165) is 33.9 Å². The Balaban J connectivity index is 1.55. The minimum absolute atomic E-state index is 0.188. The van der Waals surface area contributed by atoms with Gasteiger partial charge in [-0.2, -0.15) is 4.80 Å². The summed E-state index contributed by atoms with van der Waals surface area (Å²) in [5, 5.41) is 11.4. The van der Waals surface area contributed by atoms with Crippen LogP contribution in [0.3, 0.4) is 0 Å². The SMILES string of the molecule is CN(C)CCCNS(=O)(=O)c1cc(-n2nc3ccc4ccccc4c3n2)ccc1C=Cc1ccccc1. The molecule has 0 aliphatic heterocycles. The molecule has 0 saturated heterocycles. The zero-order valence-corrected chi connectivity index (χ0v) is 21.7. The Morgan fingerprint density at radius 3 is 2.49 bits per heavy atom. The Labute approximate surface area is 217 Å². The van der Waals surface area contributed by atoms with Crippen LogP contribution in [0.2, 0.25) is 0 Å². The number of aromatic nitrogens is 3. The second-order valence-corrected chi connectivity index (χ2v) is 10.9. The molecule has 5 aromatic rings. The normalized spacial score (nSPS) is 12.3. The quantitative estimate of drug-likeness (QED) is 0.223. The van der Waals surface area contributed by atoms with Crippen LogP contribution < -0.4 is 4.72 Å². The van der Waals surface area contributed by atoms with Crippen molar-refractivity contribution in [2.75, 3.05) is 27.2 Å². The Morgan fingerprint density at radius 2 is 1.68 bits per heavy atom. The lowest BCUT2D eigenvalue weighted by Gasteiger charge is -2.13. The van der Waals surface area contributed by atoms with Gasteiger partial charge in [0.05, 0.1) is 10.6 Å². The van der Waals surface area contributed by atoms with Gasteiger partial charge in [-0.15, -0.1) is 10.2 Å². The molecule has 0 fully saturated rings. The van der Waals surface area contributed by atoms with Gasteiger partial charge in [-0.25, -0.2) is 13.1 Å². The predicted molar refractivity (Wildman–Crippen MR) is 150 cm³/mol. The highest BCUT2D eigenvalue weighted by Gasteiger charge is 2.19. The van der Waals surface area contributed by atoms with Crippen LogP contribution in [0.5, 0.6) is 0 Å². The van der Waals surface area contributed by atoms with E-state index in [-0.39, 0.29) is 4.90 Å². The number of hydrogen-bond acceptors (Lipinski definition) is 5. The van der Waals surface area contributed by atoms with E-state index < -0.39 is 10.0 Å². The number of rotatable bonds is 9. The van der Waals surface area contributed by atoms with Gasteiger partial charge in [0.1, 0.15) is 11.0 Å². The van der Waals surface area contributed by atoms with Crippen LogP contribution in [-0.4, -0.2) is 55.5 Å². The van der Waals surface area contributed by atoms with Crippen molar-refractivity contribution >= 4 is 44.0 Å². The van der Waals surface area contributed by atoms with Crippen molar-refractivity contribution in [1.29, 1.82) is 0 Å². The van der Waals surface area contributed by atoms with Crippen LogP contribution in [0.25, 0.3) is 39.6 Å². The maximum absolute atomic E-state index is 13.4. The molecule has 37 heavy (non-hydrogen) atoms. The van der Waals surface area contributed by atoms with E-state index in [9.17, 15) is 8.42 Å². The van der Waals surface area contributed by atoms with E-state index in [2.05, 4.69) is 9.82 Å². The van der Waals surface area contributed by atoms with Crippen LogP contribution in [-0.2, 0) is 10.0 Å². The van der Waals surface area contributed by atoms with Crippen LogP contribution in [0.1, 0.15) is 17.5 Å². The molecule has 0 bridgehead atoms. The Hall–Kier alpha value is -3.85. The van der Waals surface area contributed by atoms with Crippen molar-refractivity contribution < 1.29 is 8.42 Å². The molecule has 8 heteroatoms. The van der Waals surface area contributed by atoms with Gasteiger partial charge in [-0.1, -0.05) is 78.9 Å². The number of sulfonamides is 1. The summed E-state index contributed by atoms with van der Waals surface area (Å²) in [7, 11) is 0.157. The van der Waals surface area contributed by atoms with Gasteiger partial charge in [-0.05, 0) is 61.8 Å². The third kappa shape index (κ3) is 5.61. The molecule has 0 aliphatic carbocycles. The lowest BCUT2D eigenvalue weighted by atomic mass is 10.1. The highest BCUT2D eigenvalue weighted by Crippen LogP contribution is 2.26. The maximum atomic E-state index is 13.4. The fourth-order valence-corrected chi connectivity index (χ4v) is 5.50. The molecule has 0 amide bonds. The van der Waals surface area contributed by atoms with Gasteiger partial charge in [0.15, 0.2) is 0 Å². The van der Waals surface area contributed by atoms with Crippen molar-refractivity contribution in [3.05, 3.63) is 96.1 Å². The second kappa shape index (κ2) is 10.6. The van der Waals surface area contributed by atoms with Crippen LogP contribution in [0, 0.1) is 0 Å². The summed E-state index contributed by atoms with van der Waals surface area (Å²) in [5.41, 5.74) is 3.68. The molecular formula is C29H29N5O2S. The summed E-state index contributed by atoms with van der Waals surface area (Å²) in [4.78, 5) is 3.72. The van der Waals surface area contributed by atoms with Crippen LogP contribution in [0.15, 0.2) is 89.8 Å². The topological polar surface area (TPSA) is 80.1 Å². The Morgan fingerprint density at radius 1 is 0.892 bits per heavy atom. The van der Waals surface area contributed by atoms with Gasteiger partial charge in [-0.3, -0.25) is 0 Å². The van der Waals surface area contributed by atoms with Crippen molar-refractivity contribution in [2.45, 2.75) is 11.3 Å². The molecule has 1 heterocycles. The smallest absolute Gasteiger partial charge is 0.241 e. The lowest BCUT2D eigenvalue weighted by Crippen LogP contribution is -2.28. The molecule has 7 nitrogen and oxygen atoms in total. The first-order valence-corrected chi connectivity index (χ1v) is 13.7. The average Bonchev–Trinajstić information content (AvgIpc) is 3.35. The Kier molecular flexibility index (Phi) is 7.14. The standard InChI is InChI=1S/C29H29N5O2S/c1-33(2)20-8-19-30-37(35,36)28-21-25(17-15-24(28)14-13-22-9-4-3-5-10-22)34-31-27-18-16-23-11-6-7-12-26(23)29(27)32-34/h3-7,9-18,21,30H,8,19-20H2,1-2H3. The first-order valence-electron chi connectivity index (χ1n) is 12.2. The molecule has 5 rings (SSSR count). The van der Waals surface area contributed by atoms with Gasteiger partial charge in [0.25, 0.3) is 0 Å². The van der Waals surface area contributed by atoms with E-state index in [1.807, 2.05) is 104 Å². The molecule has 188 valence electrons. The van der Waals surface area contributed by atoms with Crippen molar-refractivity contribution in [3.8, 4) is 5.69 Å². The highest BCUT2D eigenvalue weighted by molar-refractivity contribution is 7.89. The summed E-state index contributed by atoms with van der Waals surface area (Å²) in [6.45, 7) is 1.14. The minimum Gasteiger partial charge on any atom is -0.309 e. The van der Waals surface area contributed by atoms with Crippen LogP contribution in [0.4, 0.5) is 0 Å². The highest BCUT2D eigenvalue weighted by atomic mass is 32.2. The van der Waals surface area contributed by atoms with Gasteiger partial charge in [0.2, 0.25) is 10.0 Å². The van der Waals surface area contributed by atoms with Crippen molar-refractivity contribution in [2.24, 2.45) is 0 Å². The number of fused-ring (bicyclic) bond motifs is 3. The fraction of sp³-hybridized carbons (Fsp3) is 0.172. The summed E-state index contributed by atoms with van der Waals surface area (Å²) in [5.74, 6) is 0. The molecule has 0 aliphatic rings. The van der Waals surface area contributed by atoms with Gasteiger partial charge in [0, 0.05) is 11.9 Å². The number of hydrogen-bond donors (Lipinski definition) is 1. The molecule has 0 atom stereocenters. The summed E-state index contributed by atoms with van der Waals surface area (Å²) in [6, 6.07) is 27.0. The van der Waals surface area contributed by atoms with Crippen molar-refractivity contribution in [1.82, 2.24) is 24.6 Å². The third-order valence-electron chi connectivity index (χ3n) is 6.12. The molecule has 0 spiro atoms. The van der Waals surface area contributed by atoms with E-state index in [1.54, 1.807) is 12.1 Å². The number of benzene rings is 4. The van der Waals surface area contributed by atoms with E-state index >= 15 is 0 Å². The average molecular weight is 512 g/mol.